The van der Waals surface area contributed by atoms with Crippen LogP contribution in [0.15, 0.2) is 12.2 Å². The number of carboxylic acid groups (broad SMARTS) is 1. The third kappa shape index (κ3) is 4.55. The summed E-state index contributed by atoms with van der Waals surface area (Å²) in [7, 11) is 0. The number of carbonyl (C=O) groups excluding carboxylic acids is 1. The Hall–Kier alpha value is -1.40. The van der Waals surface area contributed by atoms with Crippen LogP contribution in [0.5, 0.6) is 0 Å². The van der Waals surface area contributed by atoms with E-state index in [-0.39, 0.29) is 23.8 Å². The Bertz CT molecular complexity index is 424. The third-order valence-electron chi connectivity index (χ3n) is 4.45. The predicted octanol–water partition coefficient (Wildman–Crippen LogP) is 0.906. The molecular weight excluding hydrogens is 284 g/mol. The van der Waals surface area contributed by atoms with Crippen molar-refractivity contribution in [2.45, 2.75) is 64.8 Å². The molecule has 1 saturated heterocycles. The van der Waals surface area contributed by atoms with Crippen LogP contribution in [-0.4, -0.2) is 46.3 Å². The number of aliphatic hydroxyl groups is 1. The van der Waals surface area contributed by atoms with Crippen LogP contribution in [0.1, 0.15) is 40.5 Å². The van der Waals surface area contributed by atoms with Gasteiger partial charge >= 0.3 is 5.97 Å². The van der Waals surface area contributed by atoms with Gasteiger partial charge in [-0.1, -0.05) is 32.4 Å². The minimum atomic E-state index is -0.906. The molecule has 0 aromatic carbocycles. The van der Waals surface area contributed by atoms with Crippen LogP contribution in [0.25, 0.3) is 0 Å². The quantitative estimate of drug-likeness (QED) is 0.524. The molecule has 1 aliphatic heterocycles. The van der Waals surface area contributed by atoms with E-state index in [4.69, 9.17) is 0 Å². The van der Waals surface area contributed by atoms with Gasteiger partial charge in [0.2, 0.25) is 5.91 Å². The highest BCUT2D eigenvalue weighted by Crippen LogP contribution is 2.28. The van der Waals surface area contributed by atoms with Crippen molar-refractivity contribution in [3.8, 4) is 0 Å². The maximum absolute atomic E-state index is 11.5. The van der Waals surface area contributed by atoms with Crippen LogP contribution >= 0.6 is 0 Å². The van der Waals surface area contributed by atoms with Gasteiger partial charge < -0.3 is 15.5 Å². The molecule has 1 heterocycles. The number of aliphatic carboxylic acids is 1. The van der Waals surface area contributed by atoms with Gasteiger partial charge in [-0.3, -0.25) is 14.9 Å². The first-order chi connectivity index (χ1) is 10.3. The number of amides is 1. The van der Waals surface area contributed by atoms with Crippen molar-refractivity contribution in [3.05, 3.63) is 12.2 Å². The Morgan fingerprint density at radius 2 is 2.09 bits per heavy atom. The summed E-state index contributed by atoms with van der Waals surface area (Å²) < 4.78 is 0. The standard InChI is InChI=1S/C16H28N2O4/c1-5-7-11-8-12(16(21)22)18-13(11)14(17-10(4)19)15(20)9(3)6-2/h5,7,9,11-15,18,20H,6,8H2,1-4H3,(H,17,19)(H,21,22)/b7-5-/t9-,11-,12-,13-,14-,15-/m1/s1. The van der Waals surface area contributed by atoms with E-state index < -0.39 is 24.2 Å². The lowest BCUT2D eigenvalue weighted by Gasteiger charge is -2.34. The van der Waals surface area contributed by atoms with E-state index in [0.717, 1.165) is 6.42 Å². The zero-order chi connectivity index (χ0) is 16.9. The molecule has 4 N–H and O–H groups in total. The predicted molar refractivity (Wildman–Crippen MR) is 84.3 cm³/mol. The second-order valence-electron chi connectivity index (χ2n) is 6.11. The first-order valence-electron chi connectivity index (χ1n) is 7.88. The van der Waals surface area contributed by atoms with Crippen molar-refractivity contribution < 1.29 is 19.8 Å². The lowest BCUT2D eigenvalue weighted by Crippen LogP contribution is -2.58. The van der Waals surface area contributed by atoms with Crippen molar-refractivity contribution in [3.63, 3.8) is 0 Å². The number of hydrogen-bond acceptors (Lipinski definition) is 4. The molecule has 0 unspecified atom stereocenters. The van der Waals surface area contributed by atoms with E-state index in [9.17, 15) is 19.8 Å². The summed E-state index contributed by atoms with van der Waals surface area (Å²) in [5.74, 6) is -1.17. The molecule has 1 aliphatic rings. The van der Waals surface area contributed by atoms with E-state index in [1.54, 1.807) is 0 Å². The largest absolute Gasteiger partial charge is 0.480 e. The molecule has 0 saturated carbocycles. The highest BCUT2D eigenvalue weighted by Gasteiger charge is 2.43. The summed E-state index contributed by atoms with van der Waals surface area (Å²) in [5, 5.41) is 25.7. The van der Waals surface area contributed by atoms with Crippen molar-refractivity contribution in [2.24, 2.45) is 11.8 Å². The van der Waals surface area contributed by atoms with Crippen LogP contribution < -0.4 is 10.6 Å². The maximum Gasteiger partial charge on any atom is 0.320 e. The molecule has 22 heavy (non-hydrogen) atoms. The Balaban J connectivity index is 3.03. The van der Waals surface area contributed by atoms with E-state index in [2.05, 4.69) is 10.6 Å². The van der Waals surface area contributed by atoms with Crippen LogP contribution in [0.2, 0.25) is 0 Å². The molecule has 0 aromatic heterocycles. The number of rotatable bonds is 7. The van der Waals surface area contributed by atoms with Crippen LogP contribution in [0, 0.1) is 11.8 Å². The van der Waals surface area contributed by atoms with E-state index >= 15 is 0 Å². The van der Waals surface area contributed by atoms with Crippen molar-refractivity contribution in [1.29, 1.82) is 0 Å². The topological polar surface area (TPSA) is 98.7 Å². The van der Waals surface area contributed by atoms with E-state index in [0.29, 0.717) is 6.42 Å². The van der Waals surface area contributed by atoms with Gasteiger partial charge in [0, 0.05) is 13.0 Å². The molecule has 6 heteroatoms. The highest BCUT2D eigenvalue weighted by atomic mass is 16.4. The summed E-state index contributed by atoms with van der Waals surface area (Å²) >= 11 is 0. The van der Waals surface area contributed by atoms with Crippen molar-refractivity contribution in [1.82, 2.24) is 10.6 Å². The van der Waals surface area contributed by atoms with E-state index in [1.165, 1.54) is 6.92 Å². The summed E-state index contributed by atoms with van der Waals surface area (Å²) in [6.07, 6.45) is 4.32. The van der Waals surface area contributed by atoms with Gasteiger partial charge in [0.25, 0.3) is 0 Å². The van der Waals surface area contributed by atoms with Gasteiger partial charge in [-0.2, -0.15) is 0 Å². The van der Waals surface area contributed by atoms with Crippen LogP contribution in [0.3, 0.4) is 0 Å². The molecule has 1 amide bonds. The number of aliphatic hydroxyl groups excluding tert-OH is 1. The first kappa shape index (κ1) is 18.6. The maximum atomic E-state index is 11.5. The Kier molecular flexibility index (Phi) is 7.03. The number of carbonyl (C=O) groups is 2. The minimum Gasteiger partial charge on any atom is -0.480 e. The number of nitrogens with one attached hydrogen (secondary N) is 2. The fraction of sp³-hybridized carbons (Fsp3) is 0.750. The second-order valence-corrected chi connectivity index (χ2v) is 6.11. The SMILES string of the molecule is C/C=C\[C@@H]1C[C@H](C(=O)O)N[C@H]1[C@@H](NC(C)=O)[C@H](O)[C@H](C)CC. The normalized spacial score (nSPS) is 29.2. The molecule has 0 radical (unpaired) electrons. The minimum absolute atomic E-state index is 0.00813. The zero-order valence-corrected chi connectivity index (χ0v) is 13.7. The lowest BCUT2D eigenvalue weighted by molar-refractivity contribution is -0.139. The lowest BCUT2D eigenvalue weighted by atomic mass is 9.85. The molecule has 0 aliphatic carbocycles. The Labute approximate surface area is 132 Å². The van der Waals surface area contributed by atoms with Crippen LogP contribution in [0.4, 0.5) is 0 Å². The molecule has 1 fully saturated rings. The summed E-state index contributed by atoms with van der Waals surface area (Å²) in [6, 6.07) is -1.48. The van der Waals surface area contributed by atoms with Gasteiger partial charge in [0.05, 0.1) is 12.1 Å². The molecule has 126 valence electrons. The smallest absolute Gasteiger partial charge is 0.320 e. The average molecular weight is 312 g/mol. The summed E-state index contributed by atoms with van der Waals surface area (Å²) in [5.41, 5.74) is 0. The second kappa shape index (κ2) is 8.29. The number of carboxylic acids is 1. The summed E-state index contributed by atoms with van der Waals surface area (Å²) in [6.45, 7) is 7.19. The molecule has 0 bridgehead atoms. The third-order valence-corrected chi connectivity index (χ3v) is 4.45. The Morgan fingerprint density at radius 1 is 1.45 bits per heavy atom. The first-order valence-corrected chi connectivity index (χ1v) is 7.88. The molecular formula is C16H28N2O4. The summed E-state index contributed by atoms with van der Waals surface area (Å²) in [4.78, 5) is 22.8. The molecule has 6 nitrogen and oxygen atoms in total. The monoisotopic (exact) mass is 312 g/mol. The number of allylic oxidation sites excluding steroid dienone is 1. The molecule has 1 rings (SSSR count). The Morgan fingerprint density at radius 3 is 2.55 bits per heavy atom. The fourth-order valence-electron chi connectivity index (χ4n) is 3.05. The molecule has 6 atom stereocenters. The van der Waals surface area contributed by atoms with Gasteiger partial charge in [-0.15, -0.1) is 0 Å². The average Bonchev–Trinajstić information content (AvgIpc) is 2.87. The fourth-order valence-corrected chi connectivity index (χ4v) is 3.05. The van der Waals surface area contributed by atoms with Gasteiger partial charge in [-0.05, 0) is 25.2 Å². The van der Waals surface area contributed by atoms with Gasteiger partial charge in [0.15, 0.2) is 0 Å². The van der Waals surface area contributed by atoms with Gasteiger partial charge in [0.1, 0.15) is 6.04 Å². The van der Waals surface area contributed by atoms with Crippen molar-refractivity contribution >= 4 is 11.9 Å². The van der Waals surface area contributed by atoms with Crippen molar-refractivity contribution in [2.75, 3.05) is 0 Å². The number of hydrogen-bond donors (Lipinski definition) is 4. The van der Waals surface area contributed by atoms with E-state index in [1.807, 2.05) is 32.9 Å². The van der Waals surface area contributed by atoms with Gasteiger partial charge in [-0.25, -0.2) is 0 Å². The molecule has 0 spiro atoms. The molecule has 0 aromatic rings. The van der Waals surface area contributed by atoms with Crippen LogP contribution in [-0.2, 0) is 9.59 Å². The highest BCUT2D eigenvalue weighted by molar-refractivity contribution is 5.75. The zero-order valence-electron chi connectivity index (χ0n) is 13.7.